The van der Waals surface area contributed by atoms with E-state index in [1.54, 1.807) is 0 Å². The molecule has 2 atom stereocenters. The van der Waals surface area contributed by atoms with Gasteiger partial charge >= 0.3 is 0 Å². The van der Waals surface area contributed by atoms with Crippen molar-refractivity contribution in [1.82, 2.24) is 0 Å². The summed E-state index contributed by atoms with van der Waals surface area (Å²) < 4.78 is 5.23. The first kappa shape index (κ1) is 13.7. The van der Waals surface area contributed by atoms with Crippen molar-refractivity contribution in [3.05, 3.63) is 24.3 Å². The average Bonchev–Trinajstić information content (AvgIpc) is 2.44. The lowest BCUT2D eigenvalue weighted by atomic mass is 9.82. The van der Waals surface area contributed by atoms with Gasteiger partial charge in [0, 0.05) is 12.2 Å². The number of nitrogens with zero attached hydrogens (tertiary/aromatic N) is 1. The fraction of sp³-hybridized carbons (Fsp3) is 0.562. The lowest BCUT2D eigenvalue weighted by Gasteiger charge is -2.27. The van der Waals surface area contributed by atoms with Crippen molar-refractivity contribution in [2.45, 2.75) is 32.6 Å². The number of anilines is 1. The van der Waals surface area contributed by atoms with Crippen molar-refractivity contribution in [2.75, 3.05) is 18.5 Å². The number of hydrogen-bond acceptors (Lipinski definition) is 3. The summed E-state index contributed by atoms with van der Waals surface area (Å²) in [4.78, 5) is 0. The number of rotatable bonds is 5. The molecule has 0 bridgehead atoms. The topological polar surface area (TPSA) is 45.0 Å². The predicted octanol–water partition coefficient (Wildman–Crippen LogP) is 3.83. The van der Waals surface area contributed by atoms with Crippen molar-refractivity contribution in [2.24, 2.45) is 11.8 Å². The zero-order valence-electron chi connectivity index (χ0n) is 11.6. The smallest absolute Gasteiger partial charge is 0.174 e. The molecule has 0 amide bonds. The first-order valence-electron chi connectivity index (χ1n) is 7.11. The molecule has 0 aromatic heterocycles. The third-order valence-corrected chi connectivity index (χ3v) is 3.80. The highest BCUT2D eigenvalue weighted by atomic mass is 16.5. The Morgan fingerprint density at radius 1 is 1.32 bits per heavy atom. The minimum atomic E-state index is 0.104. The van der Waals surface area contributed by atoms with Crippen LogP contribution in [0, 0.1) is 23.2 Å². The summed E-state index contributed by atoms with van der Waals surface area (Å²) in [5, 5.41) is 11.9. The van der Waals surface area contributed by atoms with E-state index in [0.29, 0.717) is 0 Å². The molecule has 2 rings (SSSR count). The van der Waals surface area contributed by atoms with Gasteiger partial charge in [-0.05, 0) is 48.9 Å². The van der Waals surface area contributed by atoms with E-state index in [1.165, 1.54) is 25.7 Å². The molecule has 1 N–H and O–H groups in total. The lowest BCUT2D eigenvalue weighted by molar-refractivity contribution is 0.293. The number of hydrogen-bond donors (Lipinski definition) is 1. The highest BCUT2D eigenvalue weighted by Crippen LogP contribution is 2.28. The summed E-state index contributed by atoms with van der Waals surface area (Å²) in [5.41, 5.74) is 1.13. The van der Waals surface area contributed by atoms with Crippen molar-refractivity contribution in [1.29, 1.82) is 5.26 Å². The van der Waals surface area contributed by atoms with Crippen molar-refractivity contribution >= 4 is 5.69 Å². The summed E-state index contributed by atoms with van der Waals surface area (Å²) in [6.45, 7) is 3.52. The molecule has 1 aromatic carbocycles. The third-order valence-electron chi connectivity index (χ3n) is 3.80. The van der Waals surface area contributed by atoms with Gasteiger partial charge in [-0.15, -0.1) is 0 Å². The van der Waals surface area contributed by atoms with Gasteiger partial charge in [0.25, 0.3) is 0 Å². The van der Waals surface area contributed by atoms with Gasteiger partial charge in [-0.3, -0.25) is 0 Å². The molecule has 0 spiro atoms. The maximum Gasteiger partial charge on any atom is 0.174 e. The van der Waals surface area contributed by atoms with Crippen LogP contribution in [0.1, 0.15) is 32.6 Å². The SMILES string of the molecule is CC1CCCC(CNc2ccc(OCC#N)cc2)C1. The third kappa shape index (κ3) is 4.48. The molecule has 1 aliphatic rings. The molecule has 1 aromatic rings. The Kier molecular flexibility index (Phi) is 5.09. The van der Waals surface area contributed by atoms with Gasteiger partial charge in [0.15, 0.2) is 6.61 Å². The van der Waals surface area contributed by atoms with E-state index in [-0.39, 0.29) is 6.61 Å². The van der Waals surface area contributed by atoms with Gasteiger partial charge in [-0.2, -0.15) is 5.26 Å². The van der Waals surface area contributed by atoms with Crippen LogP contribution in [0.4, 0.5) is 5.69 Å². The fourth-order valence-electron chi connectivity index (χ4n) is 2.79. The lowest BCUT2D eigenvalue weighted by Crippen LogP contribution is -2.20. The van der Waals surface area contributed by atoms with E-state index in [9.17, 15) is 0 Å². The van der Waals surface area contributed by atoms with Gasteiger partial charge in [0.05, 0.1) is 0 Å². The molecule has 19 heavy (non-hydrogen) atoms. The Morgan fingerprint density at radius 2 is 2.11 bits per heavy atom. The summed E-state index contributed by atoms with van der Waals surface area (Å²) in [7, 11) is 0. The molecular formula is C16H22N2O. The molecular weight excluding hydrogens is 236 g/mol. The highest BCUT2D eigenvalue weighted by Gasteiger charge is 2.18. The fourth-order valence-corrected chi connectivity index (χ4v) is 2.79. The van der Waals surface area contributed by atoms with Crippen LogP contribution in [0.3, 0.4) is 0 Å². The van der Waals surface area contributed by atoms with Gasteiger partial charge < -0.3 is 10.1 Å². The quantitative estimate of drug-likeness (QED) is 0.873. The largest absolute Gasteiger partial charge is 0.479 e. The number of nitrogens with one attached hydrogen (secondary N) is 1. The first-order valence-corrected chi connectivity index (χ1v) is 7.11. The van der Waals surface area contributed by atoms with Crippen LogP contribution in [0.5, 0.6) is 5.75 Å². The van der Waals surface area contributed by atoms with Gasteiger partial charge in [-0.25, -0.2) is 0 Å². The number of ether oxygens (including phenoxy) is 1. The van der Waals surface area contributed by atoms with E-state index in [2.05, 4.69) is 12.2 Å². The molecule has 0 heterocycles. The molecule has 102 valence electrons. The summed E-state index contributed by atoms with van der Waals surface area (Å²) in [5.74, 6) is 2.43. The van der Waals surface area contributed by atoms with Crippen LogP contribution < -0.4 is 10.1 Å². The van der Waals surface area contributed by atoms with E-state index in [1.807, 2.05) is 30.3 Å². The zero-order chi connectivity index (χ0) is 13.5. The average molecular weight is 258 g/mol. The number of nitriles is 1. The van der Waals surface area contributed by atoms with E-state index < -0.39 is 0 Å². The molecule has 0 radical (unpaired) electrons. The van der Waals surface area contributed by atoms with Crippen molar-refractivity contribution in [3.8, 4) is 11.8 Å². The summed E-state index contributed by atoms with van der Waals surface area (Å²) in [6.07, 6.45) is 5.45. The minimum Gasteiger partial charge on any atom is -0.479 e. The summed E-state index contributed by atoms with van der Waals surface area (Å²) in [6, 6.07) is 9.80. The predicted molar refractivity (Wildman–Crippen MR) is 77.2 cm³/mol. The molecule has 1 aliphatic carbocycles. The van der Waals surface area contributed by atoms with Crippen LogP contribution in [0.15, 0.2) is 24.3 Å². The van der Waals surface area contributed by atoms with Crippen LogP contribution in [-0.4, -0.2) is 13.2 Å². The van der Waals surface area contributed by atoms with E-state index >= 15 is 0 Å². The Hall–Kier alpha value is -1.69. The number of benzene rings is 1. The first-order chi connectivity index (χ1) is 9.28. The Bertz CT molecular complexity index is 421. The maximum absolute atomic E-state index is 8.44. The normalized spacial score (nSPS) is 22.5. The zero-order valence-corrected chi connectivity index (χ0v) is 11.6. The van der Waals surface area contributed by atoms with Gasteiger partial charge in [0.1, 0.15) is 11.8 Å². The standard InChI is InChI=1S/C16H22N2O/c1-13-3-2-4-14(11-13)12-18-15-5-7-16(8-6-15)19-10-9-17/h5-8,13-14,18H,2-4,10-12H2,1H3. The van der Waals surface area contributed by atoms with Gasteiger partial charge in [-0.1, -0.05) is 19.8 Å². The highest BCUT2D eigenvalue weighted by molar-refractivity contribution is 5.46. The van der Waals surface area contributed by atoms with Crippen molar-refractivity contribution < 1.29 is 4.74 Å². The van der Waals surface area contributed by atoms with Gasteiger partial charge in [0.2, 0.25) is 0 Å². The van der Waals surface area contributed by atoms with E-state index in [0.717, 1.165) is 29.8 Å². The van der Waals surface area contributed by atoms with Crippen molar-refractivity contribution in [3.63, 3.8) is 0 Å². The van der Waals surface area contributed by atoms with Crippen LogP contribution in [-0.2, 0) is 0 Å². The Balaban J connectivity index is 1.78. The van der Waals surface area contributed by atoms with E-state index in [4.69, 9.17) is 10.00 Å². The molecule has 0 aliphatic heterocycles. The maximum atomic E-state index is 8.44. The molecule has 2 unspecified atom stereocenters. The van der Waals surface area contributed by atoms with Crippen LogP contribution >= 0.6 is 0 Å². The Morgan fingerprint density at radius 3 is 2.79 bits per heavy atom. The summed E-state index contributed by atoms with van der Waals surface area (Å²) >= 11 is 0. The molecule has 0 saturated heterocycles. The second-order valence-electron chi connectivity index (χ2n) is 5.49. The molecule has 1 saturated carbocycles. The molecule has 1 fully saturated rings. The minimum absolute atomic E-state index is 0.104. The monoisotopic (exact) mass is 258 g/mol. The molecule has 3 heteroatoms. The second kappa shape index (κ2) is 7.04. The Labute approximate surface area is 115 Å². The van der Waals surface area contributed by atoms with Crippen LogP contribution in [0.25, 0.3) is 0 Å². The molecule has 3 nitrogen and oxygen atoms in total. The second-order valence-corrected chi connectivity index (χ2v) is 5.49. The van der Waals surface area contributed by atoms with Crippen LogP contribution in [0.2, 0.25) is 0 Å².